The summed E-state index contributed by atoms with van der Waals surface area (Å²) in [4.78, 5) is 24.8. The number of hydrogen-bond acceptors (Lipinski definition) is 5. The predicted octanol–water partition coefficient (Wildman–Crippen LogP) is 2.29. The Morgan fingerprint density at radius 3 is 2.43 bits per heavy atom. The largest absolute Gasteiger partial charge is 0.484 e. The number of carbonyl (C=O) groups excluding carboxylic acids is 2. The summed E-state index contributed by atoms with van der Waals surface area (Å²) in [5.41, 5.74) is 4.40. The lowest BCUT2D eigenvalue weighted by atomic mass is 10.1. The fraction of sp³-hybridized carbons (Fsp3) is 0.250. The molecule has 0 aliphatic heterocycles. The van der Waals surface area contributed by atoms with Gasteiger partial charge in [0.05, 0.1) is 5.56 Å². The molecule has 0 saturated heterocycles. The predicted molar refractivity (Wildman–Crippen MR) is 90.8 cm³/mol. The molecule has 0 spiro atoms. The van der Waals surface area contributed by atoms with Crippen LogP contribution in [0.3, 0.4) is 0 Å². The number of anilines is 1. The molecule has 2 rings (SSSR count). The summed E-state index contributed by atoms with van der Waals surface area (Å²) in [5, 5.41) is 3.18. The fourth-order valence-electron chi connectivity index (χ4n) is 2.01. The maximum Gasteiger partial charge on any atom is 0.268 e. The number of ether oxygens (including phenoxy) is 1. The van der Waals surface area contributed by atoms with E-state index < -0.39 is 5.91 Å². The minimum atomic E-state index is -0.429. The van der Waals surface area contributed by atoms with Crippen molar-refractivity contribution in [2.75, 3.05) is 11.9 Å². The van der Waals surface area contributed by atoms with Gasteiger partial charge in [-0.3, -0.25) is 15.0 Å². The second-order valence-corrected chi connectivity index (χ2v) is 6.34. The Labute approximate surface area is 138 Å². The quantitative estimate of drug-likeness (QED) is 0.444. The smallest absolute Gasteiger partial charge is 0.268 e. The summed E-state index contributed by atoms with van der Waals surface area (Å²) in [7, 11) is 0. The molecule has 0 bridgehead atoms. The van der Waals surface area contributed by atoms with Gasteiger partial charge in [0.25, 0.3) is 11.8 Å². The number of nitrogens with one attached hydrogen (secondary N) is 2. The van der Waals surface area contributed by atoms with Crippen molar-refractivity contribution >= 4 is 28.2 Å². The number of benzene rings is 1. The maximum absolute atomic E-state index is 12.0. The van der Waals surface area contributed by atoms with Gasteiger partial charge >= 0.3 is 0 Å². The molecule has 0 unspecified atom stereocenters. The van der Waals surface area contributed by atoms with Crippen LogP contribution in [-0.4, -0.2) is 18.4 Å². The third-order valence-corrected chi connectivity index (χ3v) is 4.51. The lowest BCUT2D eigenvalue weighted by molar-refractivity contribution is -0.118. The third-order valence-electron chi connectivity index (χ3n) is 3.39. The van der Waals surface area contributed by atoms with Crippen molar-refractivity contribution < 1.29 is 14.3 Å². The molecule has 7 heteroatoms. The van der Waals surface area contributed by atoms with Crippen LogP contribution in [0.15, 0.2) is 24.3 Å². The molecule has 0 fully saturated rings. The number of thiophene rings is 1. The zero-order valence-electron chi connectivity index (χ0n) is 13.2. The Kier molecular flexibility index (Phi) is 5.36. The van der Waals surface area contributed by atoms with Gasteiger partial charge in [-0.2, -0.15) is 0 Å². The maximum atomic E-state index is 12.0. The third kappa shape index (κ3) is 4.08. The molecule has 122 valence electrons. The lowest BCUT2D eigenvalue weighted by Gasteiger charge is -2.08. The van der Waals surface area contributed by atoms with Crippen molar-refractivity contribution in [2.24, 2.45) is 5.84 Å². The SMILES string of the molecule is Cc1ccc(OCC(=O)Nc2sc(C)c(C)c2C(=O)NN)cc1. The second-order valence-electron chi connectivity index (χ2n) is 5.11. The number of rotatable bonds is 5. The highest BCUT2D eigenvalue weighted by atomic mass is 32.1. The van der Waals surface area contributed by atoms with Crippen molar-refractivity contribution in [3.05, 3.63) is 45.8 Å². The van der Waals surface area contributed by atoms with Crippen molar-refractivity contribution in [3.8, 4) is 5.75 Å². The van der Waals surface area contributed by atoms with E-state index in [2.05, 4.69) is 10.7 Å². The Bertz CT molecular complexity index is 723. The number of hydrazine groups is 1. The normalized spacial score (nSPS) is 10.3. The molecule has 0 aliphatic rings. The number of nitrogens with two attached hydrogens (primary N) is 1. The Morgan fingerprint density at radius 2 is 1.83 bits per heavy atom. The van der Waals surface area contributed by atoms with Crippen molar-refractivity contribution in [2.45, 2.75) is 20.8 Å². The monoisotopic (exact) mass is 333 g/mol. The molecular weight excluding hydrogens is 314 g/mol. The molecular formula is C16H19N3O3S. The van der Waals surface area contributed by atoms with Crippen LogP contribution < -0.4 is 21.3 Å². The van der Waals surface area contributed by atoms with E-state index in [-0.39, 0.29) is 12.5 Å². The number of amides is 2. The molecule has 6 nitrogen and oxygen atoms in total. The van der Waals surface area contributed by atoms with Gasteiger partial charge in [-0.15, -0.1) is 11.3 Å². The van der Waals surface area contributed by atoms with Crippen LogP contribution in [0.1, 0.15) is 26.4 Å². The van der Waals surface area contributed by atoms with Gasteiger partial charge in [0.2, 0.25) is 0 Å². The van der Waals surface area contributed by atoms with Gasteiger partial charge in [0.1, 0.15) is 10.8 Å². The van der Waals surface area contributed by atoms with Gasteiger partial charge in [0.15, 0.2) is 6.61 Å². The molecule has 1 aromatic carbocycles. The van der Waals surface area contributed by atoms with Gasteiger partial charge in [0, 0.05) is 4.88 Å². The van der Waals surface area contributed by atoms with E-state index in [1.54, 1.807) is 12.1 Å². The van der Waals surface area contributed by atoms with Gasteiger partial charge in [-0.05, 0) is 38.5 Å². The van der Waals surface area contributed by atoms with Crippen molar-refractivity contribution in [3.63, 3.8) is 0 Å². The van der Waals surface area contributed by atoms with Gasteiger partial charge in [-0.1, -0.05) is 17.7 Å². The average Bonchev–Trinajstić information content (AvgIpc) is 2.80. The molecule has 4 N–H and O–H groups in total. The van der Waals surface area contributed by atoms with Crippen LogP contribution in [0.2, 0.25) is 0 Å². The first kappa shape index (κ1) is 17.0. The molecule has 0 aliphatic carbocycles. The van der Waals surface area contributed by atoms with E-state index in [0.29, 0.717) is 16.3 Å². The topological polar surface area (TPSA) is 93.4 Å². The Balaban J connectivity index is 2.04. The van der Waals surface area contributed by atoms with Crippen LogP contribution in [0.4, 0.5) is 5.00 Å². The van der Waals surface area contributed by atoms with Crippen LogP contribution in [-0.2, 0) is 4.79 Å². The first-order chi connectivity index (χ1) is 10.9. The van der Waals surface area contributed by atoms with E-state index in [0.717, 1.165) is 16.0 Å². The molecule has 23 heavy (non-hydrogen) atoms. The second kappa shape index (κ2) is 7.26. The number of carbonyl (C=O) groups is 2. The number of hydrogen-bond donors (Lipinski definition) is 3. The van der Waals surface area contributed by atoms with E-state index in [4.69, 9.17) is 10.6 Å². The molecule has 2 amide bonds. The average molecular weight is 333 g/mol. The van der Waals surface area contributed by atoms with Crippen molar-refractivity contribution in [1.82, 2.24) is 5.43 Å². The zero-order valence-corrected chi connectivity index (χ0v) is 14.0. The minimum absolute atomic E-state index is 0.136. The summed E-state index contributed by atoms with van der Waals surface area (Å²) in [6.45, 7) is 5.53. The fourth-order valence-corrected chi connectivity index (χ4v) is 3.08. The summed E-state index contributed by atoms with van der Waals surface area (Å²) in [6, 6.07) is 7.41. The molecule has 0 saturated carbocycles. The highest BCUT2D eigenvalue weighted by molar-refractivity contribution is 7.16. The zero-order chi connectivity index (χ0) is 17.0. The molecule has 2 aromatic rings. The van der Waals surface area contributed by atoms with Crippen LogP contribution >= 0.6 is 11.3 Å². The Hall–Kier alpha value is -2.38. The van der Waals surface area contributed by atoms with Crippen LogP contribution in [0, 0.1) is 20.8 Å². The summed E-state index contributed by atoms with van der Waals surface area (Å²) < 4.78 is 5.43. The molecule has 0 atom stereocenters. The molecule has 0 radical (unpaired) electrons. The van der Waals surface area contributed by atoms with Gasteiger partial charge in [-0.25, -0.2) is 5.84 Å². The lowest BCUT2D eigenvalue weighted by Crippen LogP contribution is -2.31. The van der Waals surface area contributed by atoms with E-state index in [1.165, 1.54) is 11.3 Å². The standard InChI is InChI=1S/C16H19N3O3S/c1-9-4-6-12(7-5-9)22-8-13(20)18-16-14(15(21)19-17)10(2)11(3)23-16/h4-7H,8,17H2,1-3H3,(H,18,20)(H,19,21). The summed E-state index contributed by atoms with van der Waals surface area (Å²) in [6.07, 6.45) is 0. The van der Waals surface area contributed by atoms with Crippen molar-refractivity contribution in [1.29, 1.82) is 0 Å². The van der Waals surface area contributed by atoms with E-state index in [9.17, 15) is 9.59 Å². The molecule has 1 heterocycles. The van der Waals surface area contributed by atoms with E-state index >= 15 is 0 Å². The number of aryl methyl sites for hydroxylation is 2. The van der Waals surface area contributed by atoms with Gasteiger partial charge < -0.3 is 10.1 Å². The Morgan fingerprint density at radius 1 is 1.17 bits per heavy atom. The van der Waals surface area contributed by atoms with E-state index in [1.807, 2.05) is 32.9 Å². The van der Waals surface area contributed by atoms with Crippen LogP contribution in [0.5, 0.6) is 5.75 Å². The first-order valence-corrected chi connectivity index (χ1v) is 7.84. The summed E-state index contributed by atoms with van der Waals surface area (Å²) in [5.74, 6) is 5.05. The number of nitrogen functional groups attached to an aromatic ring is 1. The minimum Gasteiger partial charge on any atom is -0.484 e. The highest BCUT2D eigenvalue weighted by Gasteiger charge is 2.20. The summed E-state index contributed by atoms with van der Waals surface area (Å²) >= 11 is 1.33. The first-order valence-electron chi connectivity index (χ1n) is 7.02. The van der Waals surface area contributed by atoms with Crippen LogP contribution in [0.25, 0.3) is 0 Å². The highest BCUT2D eigenvalue weighted by Crippen LogP contribution is 2.32. The molecule has 1 aromatic heterocycles.